The average Bonchev–Trinajstić information content (AvgIpc) is 2.35. The number of nitrogens with two attached hydrogens (primary N) is 1. The minimum Gasteiger partial charge on any atom is -0.320 e. The van der Waals surface area contributed by atoms with E-state index in [-0.39, 0.29) is 6.04 Å². The Morgan fingerprint density at radius 3 is 2.41 bits per heavy atom. The van der Waals surface area contributed by atoms with Gasteiger partial charge >= 0.3 is 0 Å². The Bertz CT molecular complexity index is 537. The van der Waals surface area contributed by atoms with Gasteiger partial charge in [-0.15, -0.1) is 0 Å². The highest BCUT2D eigenvalue weighted by atomic mass is 35.5. The molecule has 0 saturated heterocycles. The van der Waals surface area contributed by atoms with Crippen molar-refractivity contribution in [2.24, 2.45) is 5.73 Å². The fourth-order valence-corrected chi connectivity index (χ4v) is 2.11. The molecule has 88 valence electrons. The molecule has 2 rings (SSSR count). The maximum absolute atomic E-state index is 7.56. The van der Waals surface area contributed by atoms with E-state index in [2.05, 4.69) is 37.8 Å². The molecule has 1 unspecified atom stereocenters. The predicted octanol–water partition coefficient (Wildman–Crippen LogP) is 4.00. The Morgan fingerprint density at radius 2 is 1.82 bits per heavy atom. The van der Waals surface area contributed by atoms with Crippen LogP contribution in [-0.2, 0) is 0 Å². The number of hydrogen-bond donors (Lipinski definition) is 1. The van der Waals surface area contributed by atoms with Crippen LogP contribution in [0, 0.1) is 13.8 Å². The normalized spacial score (nSPS) is 13.2. The van der Waals surface area contributed by atoms with Crippen molar-refractivity contribution in [1.82, 2.24) is 0 Å². The van der Waals surface area contributed by atoms with Crippen LogP contribution in [-0.4, -0.2) is 0 Å². The molecule has 1 nitrogen and oxygen atoms in total. The van der Waals surface area contributed by atoms with Gasteiger partial charge in [-0.1, -0.05) is 47.5 Å². The summed E-state index contributed by atoms with van der Waals surface area (Å²) in [7, 11) is 0. The van der Waals surface area contributed by atoms with Crippen LogP contribution in [0.25, 0.3) is 0 Å². The Labute approximate surface area is 109 Å². The van der Waals surface area contributed by atoms with E-state index in [4.69, 9.17) is 13.0 Å². The van der Waals surface area contributed by atoms with Crippen LogP contribution >= 0.6 is 11.6 Å². The summed E-state index contributed by atoms with van der Waals surface area (Å²) in [5.74, 6) is 0. The monoisotopic (exact) mass is 246 g/mol. The Balaban J connectivity index is 2.41. The third-order valence-electron chi connectivity index (χ3n) is 2.94. The highest BCUT2D eigenvalue weighted by Gasteiger charge is 2.11. The lowest BCUT2D eigenvalue weighted by atomic mass is 9.95. The summed E-state index contributed by atoms with van der Waals surface area (Å²) >= 11 is 5.89. The summed E-state index contributed by atoms with van der Waals surface area (Å²) in [5, 5.41) is 0.711. The molecule has 0 heterocycles. The van der Waals surface area contributed by atoms with Gasteiger partial charge in [0, 0.05) is 5.02 Å². The molecule has 0 fully saturated rings. The second-order valence-corrected chi connectivity index (χ2v) is 4.78. The van der Waals surface area contributed by atoms with Crippen molar-refractivity contribution in [3.63, 3.8) is 0 Å². The molecule has 2 aromatic carbocycles. The second kappa shape index (κ2) is 4.91. The number of benzene rings is 2. The second-order valence-electron chi connectivity index (χ2n) is 4.34. The van der Waals surface area contributed by atoms with Gasteiger partial charge in [0.25, 0.3) is 0 Å². The van der Waals surface area contributed by atoms with Crippen molar-refractivity contribution in [1.29, 1.82) is 0 Å². The Hall–Kier alpha value is -1.31. The highest BCUT2D eigenvalue weighted by Crippen LogP contribution is 2.24. The molecule has 0 bridgehead atoms. The van der Waals surface area contributed by atoms with Crippen LogP contribution in [0.3, 0.4) is 0 Å². The van der Waals surface area contributed by atoms with Crippen molar-refractivity contribution in [2.45, 2.75) is 19.9 Å². The fraction of sp³-hybridized carbons (Fsp3) is 0.200. The van der Waals surface area contributed by atoms with Crippen molar-refractivity contribution >= 4 is 11.6 Å². The van der Waals surface area contributed by atoms with Gasteiger partial charge in [-0.3, -0.25) is 0 Å². The zero-order valence-electron chi connectivity index (χ0n) is 11.0. The van der Waals surface area contributed by atoms with Gasteiger partial charge in [-0.05, 0) is 42.7 Å². The van der Waals surface area contributed by atoms with E-state index in [9.17, 15) is 0 Å². The van der Waals surface area contributed by atoms with Gasteiger partial charge in [0.15, 0.2) is 0 Å². The number of hydrogen-bond acceptors (Lipinski definition) is 1. The van der Waals surface area contributed by atoms with Crippen molar-refractivity contribution in [3.05, 3.63) is 69.7 Å². The molecule has 0 saturated carbocycles. The molecule has 0 amide bonds. The summed E-state index contributed by atoms with van der Waals surface area (Å²) in [6, 6.07) is 13.8. The standard InChI is InChI=1S/C15H16ClN/c1-10-3-8-14(11(2)9-10)15(17)12-4-6-13(16)7-5-12/h3-9,15H,17H2,1-2H3/i/hD. The number of aryl methyl sites for hydroxylation is 2. The van der Waals surface area contributed by atoms with E-state index in [1.165, 1.54) is 11.1 Å². The fourth-order valence-electron chi connectivity index (χ4n) is 1.98. The topological polar surface area (TPSA) is 26.0 Å². The van der Waals surface area contributed by atoms with Gasteiger partial charge < -0.3 is 5.73 Å². The number of halogens is 1. The van der Waals surface area contributed by atoms with Gasteiger partial charge in [-0.25, -0.2) is 0 Å². The van der Waals surface area contributed by atoms with E-state index in [0.717, 1.165) is 11.1 Å². The molecule has 2 N–H and O–H groups in total. The summed E-state index contributed by atoms with van der Waals surface area (Å²) in [6.45, 7) is 4.14. The molecule has 0 spiro atoms. The molecule has 0 aromatic heterocycles. The quantitative estimate of drug-likeness (QED) is 0.870. The van der Waals surface area contributed by atoms with Gasteiger partial charge in [-0.2, -0.15) is 0 Å². The van der Waals surface area contributed by atoms with Gasteiger partial charge in [0.2, 0.25) is 0 Å². The van der Waals surface area contributed by atoms with Crippen LogP contribution < -0.4 is 5.73 Å². The van der Waals surface area contributed by atoms with Crippen LogP contribution in [0.5, 0.6) is 0 Å². The minimum absolute atomic E-state index is 0.122. The zero-order valence-corrected chi connectivity index (χ0v) is 10.8. The van der Waals surface area contributed by atoms with Crippen molar-refractivity contribution in [3.8, 4) is 0 Å². The first-order valence-corrected chi connectivity index (χ1v) is 5.99. The molecule has 0 aliphatic carbocycles. The van der Waals surface area contributed by atoms with Crippen LogP contribution in [0.4, 0.5) is 0 Å². The van der Waals surface area contributed by atoms with E-state index in [0.29, 0.717) is 5.02 Å². The molecule has 0 aliphatic heterocycles. The van der Waals surface area contributed by atoms with E-state index >= 15 is 0 Å². The SMILES string of the molecule is [2H]NC(c1ccc(Cl)cc1)c1ccc(C)cc1C. The Kier molecular flexibility index (Phi) is 3.12. The molecule has 0 radical (unpaired) electrons. The average molecular weight is 247 g/mol. The molecular weight excluding hydrogens is 230 g/mol. The lowest BCUT2D eigenvalue weighted by molar-refractivity contribution is 0.861. The maximum Gasteiger partial charge on any atom is 0.119 e. The largest absolute Gasteiger partial charge is 0.320 e. The van der Waals surface area contributed by atoms with Crippen molar-refractivity contribution in [2.75, 3.05) is 0 Å². The van der Waals surface area contributed by atoms with Gasteiger partial charge in [0.1, 0.15) is 1.41 Å². The first-order valence-electron chi connectivity index (χ1n) is 6.11. The third-order valence-corrected chi connectivity index (χ3v) is 3.19. The molecule has 17 heavy (non-hydrogen) atoms. The third kappa shape index (κ3) is 2.68. The van der Waals surface area contributed by atoms with Crippen LogP contribution in [0.2, 0.25) is 6.43 Å². The highest BCUT2D eigenvalue weighted by molar-refractivity contribution is 6.30. The summed E-state index contributed by atoms with van der Waals surface area (Å²) in [4.78, 5) is 0. The summed E-state index contributed by atoms with van der Waals surface area (Å²) in [5.41, 5.74) is 7.21. The molecular formula is C15H16ClN. The maximum atomic E-state index is 7.56. The van der Waals surface area contributed by atoms with Crippen LogP contribution in [0.1, 0.15) is 28.3 Å². The smallest absolute Gasteiger partial charge is 0.119 e. The van der Waals surface area contributed by atoms with E-state index in [1.54, 1.807) is 0 Å². The Morgan fingerprint density at radius 1 is 1.12 bits per heavy atom. The minimum atomic E-state index is -0.122. The zero-order chi connectivity index (χ0) is 13.1. The van der Waals surface area contributed by atoms with E-state index in [1.807, 2.05) is 24.3 Å². The molecule has 0 aliphatic rings. The molecule has 2 heteroatoms. The van der Waals surface area contributed by atoms with Crippen LogP contribution in [0.15, 0.2) is 42.5 Å². The summed E-state index contributed by atoms with van der Waals surface area (Å²) < 4.78 is 7.56. The molecule has 2 aromatic rings. The van der Waals surface area contributed by atoms with Gasteiger partial charge in [0.05, 0.1) is 6.04 Å². The predicted molar refractivity (Wildman–Crippen MR) is 73.4 cm³/mol. The summed E-state index contributed by atoms with van der Waals surface area (Å²) in [6.07, 6.45) is 0. The lowest BCUT2D eigenvalue weighted by Gasteiger charge is -2.15. The first kappa shape index (κ1) is 10.8. The molecule has 1 atom stereocenters. The number of rotatable bonds is 3. The first-order chi connectivity index (χ1) is 8.61. The van der Waals surface area contributed by atoms with E-state index < -0.39 is 0 Å². The lowest BCUT2D eigenvalue weighted by Crippen LogP contribution is -2.13. The van der Waals surface area contributed by atoms with Crippen molar-refractivity contribution < 1.29 is 1.41 Å².